The number of para-hydroxylation sites is 2. The van der Waals surface area contributed by atoms with Crippen LogP contribution in [0.25, 0.3) is 11.0 Å². The van der Waals surface area contributed by atoms with Crippen LogP contribution in [-0.2, 0) is 16.1 Å². The van der Waals surface area contributed by atoms with Crippen molar-refractivity contribution in [1.29, 1.82) is 0 Å². The van der Waals surface area contributed by atoms with E-state index in [0.29, 0.717) is 16.8 Å². The van der Waals surface area contributed by atoms with Gasteiger partial charge in [-0.1, -0.05) is 66.9 Å². The van der Waals surface area contributed by atoms with Crippen LogP contribution in [0.3, 0.4) is 0 Å². The van der Waals surface area contributed by atoms with E-state index in [1.165, 1.54) is 23.5 Å². The fraction of sp³-hybridized carbons (Fsp3) is 0.286. The predicted molar refractivity (Wildman–Crippen MR) is 137 cm³/mol. The second kappa shape index (κ2) is 10.6. The molecule has 0 saturated heterocycles. The zero-order chi connectivity index (χ0) is 24.9. The molecule has 36 heavy (non-hydrogen) atoms. The average Bonchev–Trinajstić information content (AvgIpc) is 3.31. The number of aromatic hydroxyl groups is 1. The standard InChI is InChI=1S/C28H29N5O3/c34-23-17-15-20(16-18-23)27(28(36)29-21-9-3-1-4-10-21)33(22-11-5-2-6-12-22)26(35)19-32-25-14-8-7-13-24(25)30-31-32/h2,5-8,11-18,21,27,34H,1,3-4,9-10,19H2,(H,29,36). The lowest BCUT2D eigenvalue weighted by molar-refractivity contribution is -0.127. The number of rotatable bonds is 7. The summed E-state index contributed by atoms with van der Waals surface area (Å²) in [5.74, 6) is -0.446. The van der Waals surface area contributed by atoms with Crippen molar-refractivity contribution in [2.24, 2.45) is 0 Å². The van der Waals surface area contributed by atoms with E-state index >= 15 is 0 Å². The van der Waals surface area contributed by atoms with Gasteiger partial charge in [-0.15, -0.1) is 5.10 Å². The smallest absolute Gasteiger partial charge is 0.249 e. The summed E-state index contributed by atoms with van der Waals surface area (Å²) in [5.41, 5.74) is 2.65. The number of amides is 2. The molecular weight excluding hydrogens is 454 g/mol. The molecule has 8 heteroatoms. The number of hydrogen-bond donors (Lipinski definition) is 2. The molecule has 2 amide bonds. The van der Waals surface area contributed by atoms with Gasteiger partial charge in [-0.3, -0.25) is 14.5 Å². The maximum Gasteiger partial charge on any atom is 0.249 e. The first-order valence-electron chi connectivity index (χ1n) is 12.3. The molecule has 2 N–H and O–H groups in total. The molecule has 5 rings (SSSR count). The van der Waals surface area contributed by atoms with Crippen LogP contribution in [-0.4, -0.2) is 38.0 Å². The Morgan fingerprint density at radius 1 is 0.944 bits per heavy atom. The molecule has 1 heterocycles. The van der Waals surface area contributed by atoms with E-state index in [1.54, 1.807) is 16.8 Å². The minimum atomic E-state index is -0.919. The van der Waals surface area contributed by atoms with Crippen LogP contribution in [0.15, 0.2) is 78.9 Å². The zero-order valence-electron chi connectivity index (χ0n) is 20.0. The third-order valence-corrected chi connectivity index (χ3v) is 6.68. The Balaban J connectivity index is 1.53. The summed E-state index contributed by atoms with van der Waals surface area (Å²) in [6, 6.07) is 22.3. The number of benzene rings is 3. The second-order valence-corrected chi connectivity index (χ2v) is 9.17. The number of nitrogens with one attached hydrogen (secondary N) is 1. The van der Waals surface area contributed by atoms with Crippen LogP contribution in [0.4, 0.5) is 5.69 Å². The Morgan fingerprint density at radius 2 is 1.64 bits per heavy atom. The molecular formula is C28H29N5O3. The summed E-state index contributed by atoms with van der Waals surface area (Å²) in [4.78, 5) is 29.3. The Labute approximate surface area is 209 Å². The number of fused-ring (bicyclic) bond motifs is 1. The summed E-state index contributed by atoms with van der Waals surface area (Å²) >= 11 is 0. The van der Waals surface area contributed by atoms with Gasteiger partial charge < -0.3 is 10.4 Å². The number of phenolic OH excluding ortho intramolecular Hbond substituents is 1. The van der Waals surface area contributed by atoms with E-state index in [4.69, 9.17) is 0 Å². The lowest BCUT2D eigenvalue weighted by atomic mass is 9.94. The van der Waals surface area contributed by atoms with Crippen molar-refractivity contribution in [2.45, 2.75) is 50.7 Å². The first-order valence-corrected chi connectivity index (χ1v) is 12.3. The number of hydrogen-bond acceptors (Lipinski definition) is 5. The lowest BCUT2D eigenvalue weighted by Crippen LogP contribution is -2.48. The Bertz CT molecular complexity index is 1330. The van der Waals surface area contributed by atoms with Crippen molar-refractivity contribution in [2.75, 3.05) is 4.90 Å². The van der Waals surface area contributed by atoms with E-state index in [-0.39, 0.29) is 30.2 Å². The molecule has 3 aromatic carbocycles. The van der Waals surface area contributed by atoms with Crippen molar-refractivity contribution >= 4 is 28.5 Å². The molecule has 1 atom stereocenters. The van der Waals surface area contributed by atoms with Gasteiger partial charge in [0.25, 0.3) is 0 Å². The number of carbonyl (C=O) groups is 2. The average molecular weight is 484 g/mol. The van der Waals surface area contributed by atoms with Crippen molar-refractivity contribution in [3.05, 3.63) is 84.4 Å². The first kappa shape index (κ1) is 23.5. The van der Waals surface area contributed by atoms with Gasteiger partial charge in [-0.2, -0.15) is 0 Å². The van der Waals surface area contributed by atoms with Crippen molar-refractivity contribution in [3.8, 4) is 5.75 Å². The predicted octanol–water partition coefficient (Wildman–Crippen LogP) is 4.36. The highest BCUT2D eigenvalue weighted by Crippen LogP contribution is 2.30. The fourth-order valence-corrected chi connectivity index (χ4v) is 4.87. The van der Waals surface area contributed by atoms with Gasteiger partial charge in [0.2, 0.25) is 11.8 Å². The maximum atomic E-state index is 13.9. The summed E-state index contributed by atoms with van der Waals surface area (Å²) in [5, 5.41) is 21.4. The van der Waals surface area contributed by atoms with Crippen LogP contribution in [0.2, 0.25) is 0 Å². The van der Waals surface area contributed by atoms with Gasteiger partial charge >= 0.3 is 0 Å². The van der Waals surface area contributed by atoms with Gasteiger partial charge in [-0.05, 0) is 54.8 Å². The minimum absolute atomic E-state index is 0.0813. The fourth-order valence-electron chi connectivity index (χ4n) is 4.87. The molecule has 0 radical (unpaired) electrons. The third kappa shape index (κ3) is 5.07. The van der Waals surface area contributed by atoms with E-state index in [1.807, 2.05) is 54.6 Å². The summed E-state index contributed by atoms with van der Waals surface area (Å²) in [6.45, 7) is -0.0826. The molecule has 8 nitrogen and oxygen atoms in total. The van der Waals surface area contributed by atoms with Crippen LogP contribution in [0, 0.1) is 0 Å². The monoisotopic (exact) mass is 483 g/mol. The molecule has 1 unspecified atom stereocenters. The molecule has 184 valence electrons. The number of aromatic nitrogens is 3. The van der Waals surface area contributed by atoms with Gasteiger partial charge in [0.05, 0.1) is 5.52 Å². The zero-order valence-corrected chi connectivity index (χ0v) is 20.0. The molecule has 1 saturated carbocycles. The second-order valence-electron chi connectivity index (χ2n) is 9.17. The highest BCUT2D eigenvalue weighted by molar-refractivity contribution is 6.01. The Kier molecular flexibility index (Phi) is 6.93. The largest absolute Gasteiger partial charge is 0.508 e. The summed E-state index contributed by atoms with van der Waals surface area (Å²) in [6.07, 6.45) is 5.19. The third-order valence-electron chi connectivity index (χ3n) is 6.68. The molecule has 0 spiro atoms. The maximum absolute atomic E-state index is 13.9. The molecule has 4 aromatic rings. The van der Waals surface area contributed by atoms with Gasteiger partial charge in [-0.25, -0.2) is 4.68 Å². The molecule has 1 aliphatic rings. The normalized spacial score (nSPS) is 14.9. The SMILES string of the molecule is O=C(NC1CCCCC1)C(c1ccc(O)cc1)N(C(=O)Cn1nnc2ccccc21)c1ccccc1. The molecule has 0 aliphatic heterocycles. The van der Waals surface area contributed by atoms with Crippen LogP contribution in [0.1, 0.15) is 43.7 Å². The molecule has 1 aromatic heterocycles. The van der Waals surface area contributed by atoms with Gasteiger partial charge in [0, 0.05) is 11.7 Å². The minimum Gasteiger partial charge on any atom is -0.508 e. The summed E-state index contributed by atoms with van der Waals surface area (Å²) in [7, 11) is 0. The Hall–Kier alpha value is -4.20. The van der Waals surface area contributed by atoms with Crippen molar-refractivity contribution < 1.29 is 14.7 Å². The van der Waals surface area contributed by atoms with E-state index in [2.05, 4.69) is 15.6 Å². The topological polar surface area (TPSA) is 100 Å². The first-order chi connectivity index (χ1) is 17.6. The number of anilines is 1. The van der Waals surface area contributed by atoms with Gasteiger partial charge in [0.15, 0.2) is 0 Å². The van der Waals surface area contributed by atoms with E-state index < -0.39 is 6.04 Å². The van der Waals surface area contributed by atoms with Crippen molar-refractivity contribution in [3.63, 3.8) is 0 Å². The van der Waals surface area contributed by atoms with E-state index in [9.17, 15) is 14.7 Å². The number of nitrogens with zero attached hydrogens (tertiary/aromatic N) is 4. The highest BCUT2D eigenvalue weighted by atomic mass is 16.3. The highest BCUT2D eigenvalue weighted by Gasteiger charge is 2.34. The molecule has 1 fully saturated rings. The number of phenols is 1. The molecule has 0 bridgehead atoms. The van der Waals surface area contributed by atoms with Gasteiger partial charge in [0.1, 0.15) is 23.9 Å². The van der Waals surface area contributed by atoms with Crippen LogP contribution >= 0.6 is 0 Å². The van der Waals surface area contributed by atoms with Crippen LogP contribution in [0.5, 0.6) is 5.75 Å². The quantitative estimate of drug-likeness (QED) is 0.407. The van der Waals surface area contributed by atoms with Crippen LogP contribution < -0.4 is 10.2 Å². The Morgan fingerprint density at radius 3 is 2.39 bits per heavy atom. The van der Waals surface area contributed by atoms with Crippen molar-refractivity contribution in [1.82, 2.24) is 20.3 Å². The van der Waals surface area contributed by atoms with E-state index in [0.717, 1.165) is 31.2 Å². The summed E-state index contributed by atoms with van der Waals surface area (Å²) < 4.78 is 1.56. The lowest BCUT2D eigenvalue weighted by Gasteiger charge is -2.33. The molecule has 1 aliphatic carbocycles. The number of carbonyl (C=O) groups excluding carboxylic acids is 2.